The first-order chi connectivity index (χ1) is 17.5. The van der Waals surface area contributed by atoms with Crippen LogP contribution < -0.4 is 4.72 Å². The highest BCUT2D eigenvalue weighted by Crippen LogP contribution is 2.31. The van der Waals surface area contributed by atoms with Gasteiger partial charge in [0.15, 0.2) is 5.82 Å². The Balaban J connectivity index is 2.27. The fourth-order valence-corrected chi connectivity index (χ4v) is 2.79. The summed E-state index contributed by atoms with van der Waals surface area (Å²) in [6.07, 6.45) is -5.62. The average molecular weight is 426 g/mol. The standard InChI is InChI=1S/C17H14ClF2N3O3S/c1-2-5-27(25,26)23-13-4-3-12(19)14(15(13)20)16(24)11-8-22-17-10(11)6-9(18)7-21-17/h3-4,6-8,23H,2,5H2,1H3,(H,21,22)/i1D3,2D2,3D,4D,5D2,6D,7D,8D. The van der Waals surface area contributed by atoms with Gasteiger partial charge in [0.25, 0.3) is 0 Å². The number of nitrogens with one attached hydrogen (secondary N) is 2. The molecule has 0 aliphatic carbocycles. The van der Waals surface area contributed by atoms with Crippen molar-refractivity contribution in [1.82, 2.24) is 9.97 Å². The van der Waals surface area contributed by atoms with Gasteiger partial charge in [-0.2, -0.15) is 0 Å². The van der Waals surface area contributed by atoms with E-state index in [1.165, 1.54) is 0 Å². The van der Waals surface area contributed by atoms with Gasteiger partial charge in [0.2, 0.25) is 15.8 Å². The quantitative estimate of drug-likeness (QED) is 0.587. The Morgan fingerprint density at radius 1 is 1.48 bits per heavy atom. The van der Waals surface area contributed by atoms with E-state index in [0.717, 1.165) is 4.72 Å². The number of rotatable bonds is 6. The Morgan fingerprint density at radius 2 is 2.26 bits per heavy atom. The van der Waals surface area contributed by atoms with Crippen LogP contribution in [0.25, 0.3) is 11.4 Å². The molecular formula is C17H14ClF2N3O3S. The normalized spacial score (nSPS) is 19.7. The van der Waals surface area contributed by atoms with Crippen LogP contribution >= 0.6 is 11.6 Å². The van der Waals surface area contributed by atoms with E-state index >= 15 is 4.39 Å². The van der Waals surface area contributed by atoms with E-state index in [9.17, 15) is 17.6 Å². The average Bonchev–Trinajstić information content (AvgIpc) is 3.13. The van der Waals surface area contributed by atoms with Gasteiger partial charge in [-0.25, -0.2) is 22.2 Å². The number of anilines is 1. The van der Waals surface area contributed by atoms with E-state index in [0.29, 0.717) is 0 Å². The Labute approximate surface area is 175 Å². The van der Waals surface area contributed by atoms with Gasteiger partial charge in [-0.3, -0.25) is 9.52 Å². The second-order valence-corrected chi connectivity index (χ2v) is 6.59. The Bertz CT molecular complexity index is 1610. The minimum Gasteiger partial charge on any atom is -0.345 e. The van der Waals surface area contributed by atoms with E-state index in [4.69, 9.17) is 28.1 Å². The zero-order valence-corrected chi connectivity index (χ0v) is 14.3. The van der Waals surface area contributed by atoms with Crippen molar-refractivity contribution in [2.45, 2.75) is 13.2 Å². The summed E-state index contributed by atoms with van der Waals surface area (Å²) in [5, 5.41) is -0.563. The van der Waals surface area contributed by atoms with Gasteiger partial charge < -0.3 is 4.98 Å². The Morgan fingerprint density at radius 3 is 3.00 bits per heavy atom. The number of halogens is 3. The van der Waals surface area contributed by atoms with Crippen molar-refractivity contribution >= 4 is 33.1 Å². The number of hydrogen-bond acceptors (Lipinski definition) is 4. The molecule has 0 aromatic heterocycles. The highest BCUT2D eigenvalue weighted by Gasteiger charge is 2.27. The molecule has 0 saturated heterocycles. The molecule has 0 radical (unpaired) electrons. The first-order valence-corrected chi connectivity index (χ1v) is 8.57. The summed E-state index contributed by atoms with van der Waals surface area (Å²) >= 11 is 5.81. The van der Waals surface area contributed by atoms with Crippen LogP contribution in [0.2, 0.25) is 5.02 Å². The molecular weight excluding hydrogens is 400 g/mol. The number of benzene rings is 1. The van der Waals surface area contributed by atoms with Crippen molar-refractivity contribution in [2.75, 3.05) is 10.4 Å². The predicted octanol–water partition coefficient (Wildman–Crippen LogP) is 3.83. The van der Waals surface area contributed by atoms with Crippen LogP contribution in [-0.2, 0) is 10.0 Å². The maximum Gasteiger partial charge on any atom is 0.232 e. The summed E-state index contributed by atoms with van der Waals surface area (Å²) in [6.45, 7) is -3.86. The van der Waals surface area contributed by atoms with Gasteiger partial charge >= 0.3 is 0 Å². The lowest BCUT2D eigenvalue weighted by atomic mass is 10.00. The number of hydrogen-bond donors (Lipinski definition) is 2. The fourth-order valence-electron chi connectivity index (χ4n) is 2.05. The minimum atomic E-state index is -5.94. The second kappa shape index (κ2) is 7.24. The molecule has 1 aromatic rings. The van der Waals surface area contributed by atoms with Crippen molar-refractivity contribution in [3.63, 3.8) is 0 Å². The number of aromatic amines is 1. The molecule has 0 fully saturated rings. The Kier molecular flexibility index (Phi) is 2.44. The van der Waals surface area contributed by atoms with E-state index in [-0.39, 0.29) is 0 Å². The first kappa shape index (κ1) is 9.11. The van der Waals surface area contributed by atoms with Crippen molar-refractivity contribution in [1.29, 1.82) is 0 Å². The van der Waals surface area contributed by atoms with Crippen LogP contribution in [0.15, 0.2) is 30.5 Å². The molecule has 2 heterocycles. The maximum absolute atomic E-state index is 15.5. The second-order valence-electron chi connectivity index (χ2n) is 4.80. The largest absolute Gasteiger partial charge is 0.345 e. The fraction of sp³-hybridized carbons (Fsp3) is 0.176. The number of carbonyl (C=O) groups is 1. The van der Waals surface area contributed by atoms with Crippen molar-refractivity contribution < 1.29 is 38.4 Å². The van der Waals surface area contributed by atoms with Crippen LogP contribution in [-0.4, -0.2) is 29.9 Å². The monoisotopic (exact) mass is 425 g/mol. The van der Waals surface area contributed by atoms with Gasteiger partial charge in [0.05, 0.1) is 34.4 Å². The molecule has 10 heteroatoms. The summed E-state index contributed by atoms with van der Waals surface area (Å²) in [5.74, 6) is -6.41. The SMILES string of the molecule is [2H]c1nc2[nH]c([2H])c(Cl)c([2H])c-2c1C(=O)c1c(F)c([2H])c([2H])c(NS(=O)(=O)C([2H])([2H])C([2H])([2H])C([2H])([2H])[2H])c1F. The number of carbonyl (C=O) groups excluding carboxylic acids is 1. The summed E-state index contributed by atoms with van der Waals surface area (Å²) in [4.78, 5) is 19.1. The Hall–Kier alpha value is -2.52. The number of ketones is 1. The van der Waals surface area contributed by atoms with E-state index in [1.807, 2.05) is 0 Å². The van der Waals surface area contributed by atoms with Crippen molar-refractivity contribution in [3.05, 3.63) is 58.3 Å². The third kappa shape index (κ3) is 3.79. The molecule has 3 rings (SSSR count). The summed E-state index contributed by atoms with van der Waals surface area (Å²) in [6, 6.07) is -3.89. The van der Waals surface area contributed by atoms with Gasteiger partial charge in [0.1, 0.15) is 11.6 Å². The molecule has 0 amide bonds. The van der Waals surface area contributed by atoms with E-state index in [1.54, 1.807) is 0 Å². The summed E-state index contributed by atoms with van der Waals surface area (Å²) in [5.41, 5.74) is -9.27. The van der Waals surface area contributed by atoms with Gasteiger partial charge in [-0.05, 0) is 24.5 Å². The highest BCUT2D eigenvalue weighted by atomic mass is 35.5. The topological polar surface area (TPSA) is 91.9 Å². The number of sulfonamides is 1. The number of pyridine rings is 1. The van der Waals surface area contributed by atoms with Gasteiger partial charge in [-0.15, -0.1) is 0 Å². The molecule has 27 heavy (non-hydrogen) atoms. The number of fused-ring (bicyclic) bond motifs is 1. The molecule has 2 N–H and O–H groups in total. The molecule has 1 aromatic carbocycles. The van der Waals surface area contributed by atoms with E-state index in [2.05, 4.69) is 9.97 Å². The maximum atomic E-state index is 15.5. The minimum absolute atomic E-state index is 0.423. The van der Waals surface area contributed by atoms with Crippen LogP contribution in [0.1, 0.15) is 45.6 Å². The zero-order chi connectivity index (χ0) is 30.2. The molecule has 0 bridgehead atoms. The number of nitrogens with zero attached hydrogens (tertiary/aromatic N) is 1. The molecule has 0 atom stereocenters. The third-order valence-corrected chi connectivity index (χ3v) is 4.16. The van der Waals surface area contributed by atoms with Crippen molar-refractivity contribution in [2.24, 2.45) is 0 Å². The van der Waals surface area contributed by atoms with Crippen LogP contribution in [0.4, 0.5) is 14.5 Å². The predicted molar refractivity (Wildman–Crippen MR) is 97.7 cm³/mol. The molecule has 0 unspecified atom stereocenters. The number of aromatic nitrogens is 2. The van der Waals surface area contributed by atoms with E-state index < -0.39 is 110 Å². The highest BCUT2D eigenvalue weighted by molar-refractivity contribution is 7.92. The molecule has 0 saturated carbocycles. The molecule has 0 spiro atoms. The molecule has 142 valence electrons. The molecule has 6 nitrogen and oxygen atoms in total. The number of H-pyrrole nitrogens is 1. The smallest absolute Gasteiger partial charge is 0.232 e. The van der Waals surface area contributed by atoms with Gasteiger partial charge in [-0.1, -0.05) is 18.5 Å². The van der Waals surface area contributed by atoms with Crippen LogP contribution in [0.5, 0.6) is 0 Å². The van der Waals surface area contributed by atoms with Crippen LogP contribution in [0.3, 0.4) is 0 Å². The zero-order valence-electron chi connectivity index (χ0n) is 24.7. The van der Waals surface area contributed by atoms with Crippen molar-refractivity contribution in [3.8, 4) is 11.4 Å². The van der Waals surface area contributed by atoms with Gasteiger partial charge in [0, 0.05) is 27.5 Å². The summed E-state index contributed by atoms with van der Waals surface area (Å²) in [7, 11) is -5.94. The lowest BCUT2D eigenvalue weighted by Crippen LogP contribution is -2.18. The molecule has 2 aliphatic heterocycles. The lowest BCUT2D eigenvalue weighted by molar-refractivity contribution is 0.103. The third-order valence-electron chi connectivity index (χ3n) is 3.12. The first-order valence-electron chi connectivity index (χ1n) is 12.7. The summed E-state index contributed by atoms with van der Waals surface area (Å²) < 4.78 is 148. The molecule has 2 aliphatic rings. The van der Waals surface area contributed by atoms with Crippen LogP contribution in [0, 0.1) is 11.6 Å². The lowest BCUT2D eigenvalue weighted by Gasteiger charge is -2.11.